The minimum atomic E-state index is -0.00221. The summed E-state index contributed by atoms with van der Waals surface area (Å²) in [6.07, 6.45) is 2.07. The molecule has 1 aromatic carbocycles. The molecule has 0 spiro atoms. The number of anilines is 1. The van der Waals surface area contributed by atoms with Gasteiger partial charge < -0.3 is 15.5 Å². The van der Waals surface area contributed by atoms with Gasteiger partial charge in [0.15, 0.2) is 0 Å². The Labute approximate surface area is 159 Å². The number of piperidine rings is 1. The highest BCUT2D eigenvalue weighted by atomic mass is 35.5. The van der Waals surface area contributed by atoms with Gasteiger partial charge in [0.1, 0.15) is 0 Å². The first kappa shape index (κ1) is 20.1. The highest BCUT2D eigenvalue weighted by molar-refractivity contribution is 7.99. The van der Waals surface area contributed by atoms with E-state index in [9.17, 15) is 9.59 Å². The van der Waals surface area contributed by atoms with E-state index in [0.717, 1.165) is 36.6 Å². The summed E-state index contributed by atoms with van der Waals surface area (Å²) in [7, 11) is 0. The van der Waals surface area contributed by atoms with Crippen LogP contribution in [0.15, 0.2) is 30.3 Å². The first-order valence-corrected chi connectivity index (χ1v) is 9.82. The van der Waals surface area contributed by atoms with E-state index in [-0.39, 0.29) is 30.1 Å². The zero-order valence-electron chi connectivity index (χ0n) is 14.3. The summed E-state index contributed by atoms with van der Waals surface area (Å²) in [4.78, 5) is 26.7. The van der Waals surface area contributed by atoms with Crippen LogP contribution in [0, 0.1) is 5.92 Å². The number of halogens is 1. The molecule has 2 N–H and O–H groups in total. The van der Waals surface area contributed by atoms with E-state index >= 15 is 0 Å². The Morgan fingerprint density at radius 3 is 2.56 bits per heavy atom. The minimum Gasteiger partial charge on any atom is -0.343 e. The van der Waals surface area contributed by atoms with Crippen molar-refractivity contribution < 1.29 is 9.59 Å². The van der Waals surface area contributed by atoms with Crippen LogP contribution in [0.1, 0.15) is 19.3 Å². The highest BCUT2D eigenvalue weighted by Gasteiger charge is 2.28. The van der Waals surface area contributed by atoms with Gasteiger partial charge in [-0.15, -0.1) is 12.4 Å². The Kier molecular flexibility index (Phi) is 8.06. The van der Waals surface area contributed by atoms with E-state index in [1.165, 1.54) is 0 Å². The Morgan fingerprint density at radius 2 is 1.92 bits per heavy atom. The number of nitrogens with zero attached hydrogens (tertiary/aromatic N) is 1. The summed E-state index contributed by atoms with van der Waals surface area (Å²) in [5.41, 5.74) is 0.835. The van der Waals surface area contributed by atoms with Crippen LogP contribution in [-0.2, 0) is 9.59 Å². The monoisotopic (exact) mass is 383 g/mol. The number of para-hydroxylation sites is 1. The molecular weight excluding hydrogens is 358 g/mol. The summed E-state index contributed by atoms with van der Waals surface area (Å²) >= 11 is 1.91. The number of hydrogen-bond acceptors (Lipinski definition) is 4. The van der Waals surface area contributed by atoms with Crippen molar-refractivity contribution in [3.05, 3.63) is 30.3 Å². The second-order valence-electron chi connectivity index (χ2n) is 6.44. The van der Waals surface area contributed by atoms with Crippen molar-refractivity contribution >= 4 is 41.7 Å². The summed E-state index contributed by atoms with van der Waals surface area (Å²) in [5.74, 6) is 2.43. The lowest BCUT2D eigenvalue weighted by molar-refractivity contribution is -0.134. The molecule has 2 saturated heterocycles. The van der Waals surface area contributed by atoms with E-state index < -0.39 is 0 Å². The predicted molar refractivity (Wildman–Crippen MR) is 105 cm³/mol. The van der Waals surface area contributed by atoms with Gasteiger partial charge in [-0.25, -0.2) is 0 Å². The zero-order chi connectivity index (χ0) is 16.8. The lowest BCUT2D eigenvalue weighted by atomic mass is 9.95. The highest BCUT2D eigenvalue weighted by Crippen LogP contribution is 2.21. The van der Waals surface area contributed by atoms with E-state index in [4.69, 9.17) is 0 Å². The maximum absolute atomic E-state index is 12.4. The van der Waals surface area contributed by atoms with Crippen molar-refractivity contribution in [1.29, 1.82) is 0 Å². The van der Waals surface area contributed by atoms with Gasteiger partial charge >= 0.3 is 0 Å². The lowest BCUT2D eigenvalue weighted by Crippen LogP contribution is -2.45. The molecule has 0 radical (unpaired) electrons. The van der Waals surface area contributed by atoms with Crippen LogP contribution in [0.4, 0.5) is 5.69 Å². The van der Waals surface area contributed by atoms with E-state index in [1.54, 1.807) is 0 Å². The van der Waals surface area contributed by atoms with Crippen molar-refractivity contribution in [2.45, 2.75) is 25.3 Å². The molecule has 0 aliphatic carbocycles. The predicted octanol–water partition coefficient (Wildman–Crippen LogP) is 2.38. The molecular formula is C18H26ClN3O2S. The maximum atomic E-state index is 12.4. The van der Waals surface area contributed by atoms with Crippen molar-refractivity contribution in [1.82, 2.24) is 10.2 Å². The summed E-state index contributed by atoms with van der Waals surface area (Å²) < 4.78 is 0. The molecule has 2 amide bonds. The fraction of sp³-hybridized carbons (Fsp3) is 0.556. The largest absolute Gasteiger partial charge is 0.343 e. The molecule has 1 unspecified atom stereocenters. The van der Waals surface area contributed by atoms with Crippen LogP contribution in [0.5, 0.6) is 0 Å². The van der Waals surface area contributed by atoms with E-state index in [1.807, 2.05) is 47.0 Å². The molecule has 0 bridgehead atoms. The zero-order valence-corrected chi connectivity index (χ0v) is 15.9. The minimum absolute atomic E-state index is 0. The topological polar surface area (TPSA) is 61.4 Å². The second-order valence-corrected chi connectivity index (χ2v) is 7.59. The molecule has 0 saturated carbocycles. The van der Waals surface area contributed by atoms with Gasteiger partial charge in [-0.2, -0.15) is 11.8 Å². The molecule has 1 atom stereocenters. The van der Waals surface area contributed by atoms with Gasteiger partial charge in [-0.05, 0) is 25.0 Å². The molecule has 2 aliphatic heterocycles. The lowest BCUT2D eigenvalue weighted by Gasteiger charge is -2.33. The third-order valence-corrected chi connectivity index (χ3v) is 5.81. The smallest absolute Gasteiger partial charge is 0.227 e. The summed E-state index contributed by atoms with van der Waals surface area (Å²) in [6, 6.07) is 9.84. The van der Waals surface area contributed by atoms with Crippen molar-refractivity contribution in [2.75, 3.05) is 36.5 Å². The SMILES string of the molecule is Cl.O=C(Nc1ccccc1)C1CCN(C(=O)CC2CSCCN2)CC1. The van der Waals surface area contributed by atoms with Gasteiger partial charge in [0.05, 0.1) is 0 Å². The van der Waals surface area contributed by atoms with E-state index in [2.05, 4.69) is 10.6 Å². The fourth-order valence-electron chi connectivity index (χ4n) is 3.25. The Bertz CT molecular complexity index is 559. The Balaban J connectivity index is 0.00000225. The number of nitrogens with one attached hydrogen (secondary N) is 2. The molecule has 2 fully saturated rings. The Morgan fingerprint density at radius 1 is 1.20 bits per heavy atom. The second kappa shape index (κ2) is 10.0. The molecule has 138 valence electrons. The normalized spacial score (nSPS) is 21.3. The van der Waals surface area contributed by atoms with Crippen LogP contribution in [0.2, 0.25) is 0 Å². The van der Waals surface area contributed by atoms with Gasteiger partial charge in [0.25, 0.3) is 0 Å². The Hall–Kier alpha value is -1.24. The van der Waals surface area contributed by atoms with Crippen molar-refractivity contribution in [2.24, 2.45) is 5.92 Å². The molecule has 25 heavy (non-hydrogen) atoms. The first-order chi connectivity index (χ1) is 11.7. The molecule has 2 aliphatic rings. The third kappa shape index (κ3) is 5.90. The number of hydrogen-bond donors (Lipinski definition) is 2. The summed E-state index contributed by atoms with van der Waals surface area (Å²) in [5, 5.41) is 6.38. The third-order valence-electron chi connectivity index (χ3n) is 4.68. The van der Waals surface area contributed by atoms with Crippen LogP contribution in [0.25, 0.3) is 0 Å². The van der Waals surface area contributed by atoms with Crippen LogP contribution in [-0.4, -0.2) is 53.9 Å². The fourth-order valence-corrected chi connectivity index (χ4v) is 4.20. The molecule has 2 heterocycles. The number of benzene rings is 1. The van der Waals surface area contributed by atoms with E-state index in [0.29, 0.717) is 25.6 Å². The van der Waals surface area contributed by atoms with Crippen molar-refractivity contribution in [3.8, 4) is 0 Å². The average molecular weight is 384 g/mol. The van der Waals surface area contributed by atoms with Crippen LogP contribution >= 0.6 is 24.2 Å². The number of thioether (sulfide) groups is 1. The number of rotatable bonds is 4. The van der Waals surface area contributed by atoms with Gasteiger partial charge in [0, 0.05) is 55.2 Å². The summed E-state index contributed by atoms with van der Waals surface area (Å²) in [6.45, 7) is 2.36. The molecule has 0 aromatic heterocycles. The van der Waals surface area contributed by atoms with Gasteiger partial charge in [0.2, 0.25) is 11.8 Å². The van der Waals surface area contributed by atoms with Crippen molar-refractivity contribution in [3.63, 3.8) is 0 Å². The first-order valence-electron chi connectivity index (χ1n) is 8.67. The number of amides is 2. The molecule has 5 nitrogen and oxygen atoms in total. The molecule has 1 aromatic rings. The quantitative estimate of drug-likeness (QED) is 0.838. The maximum Gasteiger partial charge on any atom is 0.227 e. The van der Waals surface area contributed by atoms with Crippen LogP contribution in [0.3, 0.4) is 0 Å². The van der Waals surface area contributed by atoms with Crippen LogP contribution < -0.4 is 10.6 Å². The van der Waals surface area contributed by atoms with Gasteiger partial charge in [-0.3, -0.25) is 9.59 Å². The number of likely N-dealkylation sites (tertiary alicyclic amines) is 1. The van der Waals surface area contributed by atoms with Gasteiger partial charge in [-0.1, -0.05) is 18.2 Å². The standard InChI is InChI=1S/C18H25N3O2S.ClH/c22-17(12-16-13-24-11-8-19-16)21-9-6-14(7-10-21)18(23)20-15-4-2-1-3-5-15;/h1-5,14,16,19H,6-13H2,(H,20,23);1H. The molecule has 3 rings (SSSR count). The number of carbonyl (C=O) groups excluding carboxylic acids is 2. The molecule has 7 heteroatoms. The number of carbonyl (C=O) groups is 2. The average Bonchev–Trinajstić information content (AvgIpc) is 2.63.